The van der Waals surface area contributed by atoms with Crippen LogP contribution in [0.15, 0.2) is 60.7 Å². The Kier molecular flexibility index (Phi) is 3.83. The van der Waals surface area contributed by atoms with Crippen LogP contribution < -0.4 is 4.74 Å². The second kappa shape index (κ2) is 5.77. The fraction of sp³-hybridized carbons (Fsp3) is 0.300. The molecule has 2 aromatic rings. The maximum atomic E-state index is 5.25. The standard InChI is InChI=1S/C20H22O/c1-20(18-8-10-19(21-2)11-9-18)14-12-17(13-15-20)16-6-4-3-5-7-16/h3-12H,13-15H2,1-2H3/t20-/m0/s1. The zero-order valence-electron chi connectivity index (χ0n) is 12.8. The minimum Gasteiger partial charge on any atom is -0.497 e. The van der Waals surface area contributed by atoms with E-state index in [-0.39, 0.29) is 5.41 Å². The first-order valence-electron chi connectivity index (χ1n) is 7.60. The van der Waals surface area contributed by atoms with Crippen molar-refractivity contribution in [1.29, 1.82) is 0 Å². The maximum absolute atomic E-state index is 5.25. The van der Waals surface area contributed by atoms with Crippen molar-refractivity contribution < 1.29 is 4.74 Å². The van der Waals surface area contributed by atoms with Crippen molar-refractivity contribution in [1.82, 2.24) is 0 Å². The van der Waals surface area contributed by atoms with Crippen LogP contribution in [-0.2, 0) is 5.41 Å². The summed E-state index contributed by atoms with van der Waals surface area (Å²) < 4.78 is 5.25. The molecule has 0 saturated carbocycles. The third kappa shape index (κ3) is 2.87. The highest BCUT2D eigenvalue weighted by Gasteiger charge is 2.29. The van der Waals surface area contributed by atoms with Gasteiger partial charge in [0.05, 0.1) is 7.11 Å². The van der Waals surface area contributed by atoms with Gasteiger partial charge in [-0.05, 0) is 53.5 Å². The average Bonchev–Trinajstić information content (AvgIpc) is 2.56. The lowest BCUT2D eigenvalue weighted by molar-refractivity contribution is 0.410. The van der Waals surface area contributed by atoms with Crippen molar-refractivity contribution >= 4 is 5.57 Å². The molecule has 108 valence electrons. The molecule has 21 heavy (non-hydrogen) atoms. The predicted molar refractivity (Wildman–Crippen MR) is 88.6 cm³/mol. The topological polar surface area (TPSA) is 9.23 Å². The molecule has 0 spiro atoms. The molecule has 0 bridgehead atoms. The third-order valence-corrected chi connectivity index (χ3v) is 4.68. The van der Waals surface area contributed by atoms with Gasteiger partial charge in [0.25, 0.3) is 0 Å². The summed E-state index contributed by atoms with van der Waals surface area (Å²) in [6.07, 6.45) is 5.86. The fourth-order valence-electron chi connectivity index (χ4n) is 3.13. The fourth-order valence-corrected chi connectivity index (χ4v) is 3.13. The Morgan fingerprint density at radius 3 is 2.24 bits per heavy atom. The van der Waals surface area contributed by atoms with E-state index in [2.05, 4.69) is 67.6 Å². The third-order valence-electron chi connectivity index (χ3n) is 4.68. The van der Waals surface area contributed by atoms with Gasteiger partial charge in [-0.15, -0.1) is 0 Å². The highest BCUT2D eigenvalue weighted by atomic mass is 16.5. The molecule has 0 fully saturated rings. The zero-order chi connectivity index (χ0) is 14.7. The smallest absolute Gasteiger partial charge is 0.118 e. The number of allylic oxidation sites excluding steroid dienone is 2. The lowest BCUT2D eigenvalue weighted by Crippen LogP contribution is -2.24. The molecular weight excluding hydrogens is 256 g/mol. The van der Waals surface area contributed by atoms with E-state index in [1.165, 1.54) is 23.1 Å². The Labute approximate surface area is 127 Å². The summed E-state index contributed by atoms with van der Waals surface area (Å²) in [4.78, 5) is 0. The lowest BCUT2D eigenvalue weighted by atomic mass is 9.71. The Balaban J connectivity index is 1.81. The van der Waals surface area contributed by atoms with Gasteiger partial charge in [0.2, 0.25) is 0 Å². The molecule has 1 nitrogen and oxygen atoms in total. The van der Waals surface area contributed by atoms with Gasteiger partial charge >= 0.3 is 0 Å². The van der Waals surface area contributed by atoms with Crippen LogP contribution in [0.5, 0.6) is 5.75 Å². The van der Waals surface area contributed by atoms with E-state index in [0.717, 1.165) is 18.6 Å². The molecule has 0 aliphatic heterocycles. The van der Waals surface area contributed by atoms with E-state index in [9.17, 15) is 0 Å². The normalized spacial score (nSPS) is 21.7. The molecule has 1 atom stereocenters. The van der Waals surface area contributed by atoms with Gasteiger partial charge < -0.3 is 4.74 Å². The molecule has 0 radical (unpaired) electrons. The summed E-state index contributed by atoms with van der Waals surface area (Å²) in [5.74, 6) is 0.929. The molecule has 2 aromatic carbocycles. The van der Waals surface area contributed by atoms with Crippen LogP contribution in [0, 0.1) is 0 Å². The largest absolute Gasteiger partial charge is 0.497 e. The van der Waals surface area contributed by atoms with Gasteiger partial charge in [-0.25, -0.2) is 0 Å². The van der Waals surface area contributed by atoms with Crippen LogP contribution >= 0.6 is 0 Å². The maximum Gasteiger partial charge on any atom is 0.118 e. The van der Waals surface area contributed by atoms with Crippen LogP contribution in [0.3, 0.4) is 0 Å². The number of benzene rings is 2. The van der Waals surface area contributed by atoms with Gasteiger partial charge in [-0.2, -0.15) is 0 Å². The Morgan fingerprint density at radius 2 is 1.67 bits per heavy atom. The Bertz CT molecular complexity index is 625. The van der Waals surface area contributed by atoms with Crippen LogP contribution in [0.25, 0.3) is 5.57 Å². The summed E-state index contributed by atoms with van der Waals surface area (Å²) in [7, 11) is 1.71. The monoisotopic (exact) mass is 278 g/mol. The van der Waals surface area contributed by atoms with Crippen LogP contribution in [0.2, 0.25) is 0 Å². The van der Waals surface area contributed by atoms with Gasteiger partial charge in [0.15, 0.2) is 0 Å². The molecule has 1 aliphatic rings. The minimum absolute atomic E-state index is 0.241. The SMILES string of the molecule is COc1ccc([C@@]2(C)CC=C(c3ccccc3)CC2)cc1. The molecule has 3 rings (SSSR count). The molecule has 0 N–H and O–H groups in total. The average molecular weight is 278 g/mol. The van der Waals surface area contributed by atoms with Gasteiger partial charge in [-0.3, -0.25) is 0 Å². The second-order valence-corrected chi connectivity index (χ2v) is 6.09. The summed E-state index contributed by atoms with van der Waals surface area (Å²) in [5, 5.41) is 0. The summed E-state index contributed by atoms with van der Waals surface area (Å²) in [6, 6.07) is 19.3. The molecule has 0 heterocycles. The van der Waals surface area contributed by atoms with E-state index >= 15 is 0 Å². The van der Waals surface area contributed by atoms with Crippen molar-refractivity contribution in [3.05, 3.63) is 71.8 Å². The molecule has 0 amide bonds. The van der Waals surface area contributed by atoms with E-state index in [4.69, 9.17) is 4.74 Å². The Hall–Kier alpha value is -2.02. The molecule has 1 aliphatic carbocycles. The highest BCUT2D eigenvalue weighted by molar-refractivity contribution is 5.66. The molecule has 1 heteroatoms. The van der Waals surface area contributed by atoms with E-state index < -0.39 is 0 Å². The summed E-state index contributed by atoms with van der Waals surface area (Å²) >= 11 is 0. The van der Waals surface area contributed by atoms with Crippen molar-refractivity contribution in [2.45, 2.75) is 31.6 Å². The number of hydrogen-bond acceptors (Lipinski definition) is 1. The van der Waals surface area contributed by atoms with Crippen molar-refractivity contribution in [3.63, 3.8) is 0 Å². The Morgan fingerprint density at radius 1 is 0.952 bits per heavy atom. The van der Waals surface area contributed by atoms with Gasteiger partial charge in [0.1, 0.15) is 5.75 Å². The van der Waals surface area contributed by atoms with Crippen molar-refractivity contribution in [2.75, 3.05) is 7.11 Å². The van der Waals surface area contributed by atoms with Gasteiger partial charge in [-0.1, -0.05) is 55.5 Å². The van der Waals surface area contributed by atoms with E-state index in [1.807, 2.05) is 0 Å². The van der Waals surface area contributed by atoms with Crippen LogP contribution in [0.4, 0.5) is 0 Å². The zero-order valence-corrected chi connectivity index (χ0v) is 12.8. The molecule has 0 aromatic heterocycles. The highest BCUT2D eigenvalue weighted by Crippen LogP contribution is 2.41. The van der Waals surface area contributed by atoms with Crippen molar-refractivity contribution in [3.8, 4) is 5.75 Å². The number of hydrogen-bond donors (Lipinski definition) is 0. The van der Waals surface area contributed by atoms with Crippen LogP contribution in [0.1, 0.15) is 37.3 Å². The number of methoxy groups -OCH3 is 1. The quantitative estimate of drug-likeness (QED) is 0.748. The number of ether oxygens (including phenoxy) is 1. The first kappa shape index (κ1) is 13.9. The lowest BCUT2D eigenvalue weighted by Gasteiger charge is -2.33. The van der Waals surface area contributed by atoms with E-state index in [1.54, 1.807) is 7.11 Å². The van der Waals surface area contributed by atoms with E-state index in [0.29, 0.717) is 0 Å². The van der Waals surface area contributed by atoms with Gasteiger partial charge in [0, 0.05) is 0 Å². The molecular formula is C20H22O. The first-order valence-corrected chi connectivity index (χ1v) is 7.60. The molecule has 0 unspecified atom stereocenters. The minimum atomic E-state index is 0.241. The first-order chi connectivity index (χ1) is 10.2. The molecule has 0 saturated heterocycles. The second-order valence-electron chi connectivity index (χ2n) is 6.09. The summed E-state index contributed by atoms with van der Waals surface area (Å²) in [5.41, 5.74) is 4.51. The number of rotatable bonds is 3. The summed E-state index contributed by atoms with van der Waals surface area (Å²) in [6.45, 7) is 2.37. The van der Waals surface area contributed by atoms with Crippen LogP contribution in [-0.4, -0.2) is 7.11 Å². The van der Waals surface area contributed by atoms with Crippen molar-refractivity contribution in [2.24, 2.45) is 0 Å². The predicted octanol–water partition coefficient (Wildman–Crippen LogP) is 5.22.